The summed E-state index contributed by atoms with van der Waals surface area (Å²) in [4.78, 5) is 11.2. The van der Waals surface area contributed by atoms with Gasteiger partial charge in [0.15, 0.2) is 0 Å². The van der Waals surface area contributed by atoms with Gasteiger partial charge in [0.1, 0.15) is 11.5 Å². The van der Waals surface area contributed by atoms with Crippen LogP contribution in [0.5, 0.6) is 5.75 Å². The summed E-state index contributed by atoms with van der Waals surface area (Å²) in [5, 5.41) is 0. The first-order chi connectivity index (χ1) is 8.19. The van der Waals surface area contributed by atoms with Crippen molar-refractivity contribution in [3.05, 3.63) is 29.3 Å². The molecule has 0 spiro atoms. The molecule has 1 aromatic carbocycles. The molecule has 0 unspecified atom stereocenters. The maximum Gasteiger partial charge on any atom is 0.132 e. The highest BCUT2D eigenvalue weighted by molar-refractivity contribution is 5.79. The largest absolute Gasteiger partial charge is 0.496 e. The van der Waals surface area contributed by atoms with Crippen molar-refractivity contribution in [2.45, 2.75) is 39.0 Å². The van der Waals surface area contributed by atoms with Crippen molar-refractivity contribution in [2.24, 2.45) is 5.92 Å². The molecule has 1 saturated carbocycles. The van der Waals surface area contributed by atoms with Gasteiger partial charge in [-0.15, -0.1) is 0 Å². The fourth-order valence-electron chi connectivity index (χ4n) is 2.58. The zero-order valence-corrected chi connectivity index (χ0v) is 10.7. The van der Waals surface area contributed by atoms with E-state index in [1.54, 1.807) is 7.11 Å². The van der Waals surface area contributed by atoms with E-state index in [2.05, 4.69) is 19.1 Å². The first kappa shape index (κ1) is 12.2. The molecule has 1 fully saturated rings. The van der Waals surface area contributed by atoms with Gasteiger partial charge in [-0.3, -0.25) is 4.79 Å². The van der Waals surface area contributed by atoms with Gasteiger partial charge in [-0.2, -0.15) is 0 Å². The summed E-state index contributed by atoms with van der Waals surface area (Å²) in [5.41, 5.74) is 2.56. The highest BCUT2D eigenvalue weighted by Crippen LogP contribution is 2.29. The number of carbonyl (C=O) groups excluding carboxylic acids is 1. The number of Topliss-reactive ketones (excluding diaryl/α,β-unsaturated/α-hetero) is 1. The number of hydrogen-bond donors (Lipinski definition) is 0. The number of benzene rings is 1. The minimum Gasteiger partial charge on any atom is -0.496 e. The third kappa shape index (κ3) is 3.09. The molecule has 17 heavy (non-hydrogen) atoms. The molecule has 0 saturated heterocycles. The number of methoxy groups -OCH3 is 1. The highest BCUT2D eigenvalue weighted by Gasteiger charge is 2.20. The van der Waals surface area contributed by atoms with E-state index in [-0.39, 0.29) is 0 Å². The maximum absolute atomic E-state index is 11.2. The van der Waals surface area contributed by atoms with Gasteiger partial charge in [0.25, 0.3) is 0 Å². The lowest BCUT2D eigenvalue weighted by Gasteiger charge is -2.22. The lowest BCUT2D eigenvalue weighted by atomic mass is 9.84. The molecule has 0 aromatic heterocycles. The average molecular weight is 232 g/mol. The van der Waals surface area contributed by atoms with Crippen LogP contribution in [-0.2, 0) is 11.2 Å². The molecule has 1 aromatic rings. The van der Waals surface area contributed by atoms with Crippen LogP contribution in [0.3, 0.4) is 0 Å². The molecular weight excluding hydrogens is 212 g/mol. The van der Waals surface area contributed by atoms with Crippen LogP contribution in [-0.4, -0.2) is 12.9 Å². The van der Waals surface area contributed by atoms with Gasteiger partial charge in [0, 0.05) is 12.8 Å². The Morgan fingerprint density at radius 2 is 2.00 bits per heavy atom. The normalized spacial score (nSPS) is 17.2. The summed E-state index contributed by atoms with van der Waals surface area (Å²) in [7, 11) is 1.72. The summed E-state index contributed by atoms with van der Waals surface area (Å²) in [5.74, 6) is 2.05. The van der Waals surface area contributed by atoms with E-state index in [9.17, 15) is 4.79 Å². The van der Waals surface area contributed by atoms with Crippen LogP contribution in [0.25, 0.3) is 0 Å². The smallest absolute Gasteiger partial charge is 0.132 e. The maximum atomic E-state index is 11.2. The fourth-order valence-corrected chi connectivity index (χ4v) is 2.58. The van der Waals surface area contributed by atoms with Crippen LogP contribution in [0.2, 0.25) is 0 Å². The van der Waals surface area contributed by atoms with E-state index in [0.717, 1.165) is 37.9 Å². The summed E-state index contributed by atoms with van der Waals surface area (Å²) in [6, 6.07) is 6.32. The Labute approximate surface area is 103 Å². The Balaban J connectivity index is 2.07. The van der Waals surface area contributed by atoms with Crippen molar-refractivity contribution in [1.29, 1.82) is 0 Å². The predicted octanol–water partition coefficient (Wildman–Crippen LogP) is 3.31. The van der Waals surface area contributed by atoms with Crippen molar-refractivity contribution in [1.82, 2.24) is 0 Å². The summed E-state index contributed by atoms with van der Waals surface area (Å²) in [6.07, 6.45) is 4.64. The summed E-state index contributed by atoms with van der Waals surface area (Å²) in [6.45, 7) is 2.10. The first-order valence-electron chi connectivity index (χ1n) is 6.34. The second kappa shape index (κ2) is 5.35. The molecule has 2 heteroatoms. The van der Waals surface area contributed by atoms with Crippen molar-refractivity contribution < 1.29 is 9.53 Å². The molecule has 0 amide bonds. The van der Waals surface area contributed by atoms with Crippen molar-refractivity contribution >= 4 is 5.78 Å². The van der Waals surface area contributed by atoms with E-state index in [0.29, 0.717) is 11.7 Å². The van der Waals surface area contributed by atoms with Crippen molar-refractivity contribution in [2.75, 3.05) is 7.11 Å². The lowest BCUT2D eigenvalue weighted by Crippen LogP contribution is -2.16. The Morgan fingerprint density at radius 3 is 2.65 bits per heavy atom. The number of carbonyl (C=O) groups is 1. The first-order valence-corrected chi connectivity index (χ1v) is 6.34. The Morgan fingerprint density at radius 1 is 1.29 bits per heavy atom. The highest BCUT2D eigenvalue weighted by atomic mass is 16.5. The minimum atomic E-state index is 0.428. The number of ketones is 1. The van der Waals surface area contributed by atoms with Crippen molar-refractivity contribution in [3.63, 3.8) is 0 Å². The van der Waals surface area contributed by atoms with Gasteiger partial charge in [-0.1, -0.05) is 17.7 Å². The molecule has 0 radical (unpaired) electrons. The number of rotatable bonds is 3. The van der Waals surface area contributed by atoms with Gasteiger partial charge < -0.3 is 4.74 Å². The molecule has 2 rings (SSSR count). The monoisotopic (exact) mass is 232 g/mol. The Hall–Kier alpha value is -1.31. The average Bonchev–Trinajstić information content (AvgIpc) is 2.32. The summed E-state index contributed by atoms with van der Waals surface area (Å²) >= 11 is 0. The summed E-state index contributed by atoms with van der Waals surface area (Å²) < 4.78 is 5.40. The molecule has 0 aliphatic heterocycles. The van der Waals surface area contributed by atoms with E-state index in [1.165, 1.54) is 11.1 Å². The minimum absolute atomic E-state index is 0.428. The molecule has 92 valence electrons. The van der Waals surface area contributed by atoms with E-state index < -0.39 is 0 Å². The third-order valence-corrected chi connectivity index (χ3v) is 3.61. The second-order valence-corrected chi connectivity index (χ2v) is 5.00. The predicted molar refractivity (Wildman–Crippen MR) is 68.4 cm³/mol. The molecule has 0 atom stereocenters. The standard InChI is InChI=1S/C15H20O2/c1-11-3-8-15(17-2)13(9-11)10-12-4-6-14(16)7-5-12/h3,8-9,12H,4-7,10H2,1-2H3. The second-order valence-electron chi connectivity index (χ2n) is 5.00. The van der Waals surface area contributed by atoms with Crippen molar-refractivity contribution in [3.8, 4) is 5.75 Å². The van der Waals surface area contributed by atoms with Gasteiger partial charge in [0.2, 0.25) is 0 Å². The van der Waals surface area contributed by atoms with Gasteiger partial charge in [0.05, 0.1) is 7.11 Å². The molecule has 0 heterocycles. The van der Waals surface area contributed by atoms with E-state index in [4.69, 9.17) is 4.74 Å². The lowest BCUT2D eigenvalue weighted by molar-refractivity contribution is -0.121. The zero-order valence-electron chi connectivity index (χ0n) is 10.7. The van der Waals surface area contributed by atoms with Crippen LogP contribution >= 0.6 is 0 Å². The van der Waals surface area contributed by atoms with Gasteiger partial charge >= 0.3 is 0 Å². The van der Waals surface area contributed by atoms with Gasteiger partial charge in [-0.25, -0.2) is 0 Å². The molecule has 0 bridgehead atoms. The SMILES string of the molecule is COc1ccc(C)cc1CC1CCC(=O)CC1. The number of aryl methyl sites for hydroxylation is 1. The van der Waals surface area contributed by atoms with Crippen LogP contribution in [0.4, 0.5) is 0 Å². The van der Waals surface area contributed by atoms with Gasteiger partial charge in [-0.05, 0) is 43.7 Å². The Kier molecular flexibility index (Phi) is 3.82. The molecule has 0 N–H and O–H groups in total. The van der Waals surface area contributed by atoms with Crippen LogP contribution in [0.15, 0.2) is 18.2 Å². The fraction of sp³-hybridized carbons (Fsp3) is 0.533. The van der Waals surface area contributed by atoms with Crippen LogP contribution < -0.4 is 4.74 Å². The number of ether oxygens (including phenoxy) is 1. The molecule has 1 aliphatic carbocycles. The van der Waals surface area contributed by atoms with Crippen LogP contribution in [0.1, 0.15) is 36.8 Å². The Bertz CT molecular complexity index is 399. The molecular formula is C15H20O2. The van der Waals surface area contributed by atoms with Crippen LogP contribution in [0, 0.1) is 12.8 Å². The quantitative estimate of drug-likeness (QED) is 0.799. The molecule has 2 nitrogen and oxygen atoms in total. The zero-order chi connectivity index (χ0) is 12.3. The molecule has 1 aliphatic rings. The topological polar surface area (TPSA) is 26.3 Å². The van der Waals surface area contributed by atoms with E-state index in [1.807, 2.05) is 6.07 Å². The number of hydrogen-bond acceptors (Lipinski definition) is 2. The van der Waals surface area contributed by atoms with E-state index >= 15 is 0 Å². The third-order valence-electron chi connectivity index (χ3n) is 3.61.